The van der Waals surface area contributed by atoms with Gasteiger partial charge in [0.15, 0.2) is 0 Å². The Hall–Kier alpha value is 0.124. The van der Waals surface area contributed by atoms with Crippen LogP contribution in [0.15, 0.2) is 24.3 Å². The molecule has 1 rings (SSSR count). The number of benzene rings is 1. The molecule has 0 aliphatic carbocycles. The second kappa shape index (κ2) is 5.72. The maximum Gasteiger partial charge on any atom is 0 e. The van der Waals surface area contributed by atoms with Crippen molar-refractivity contribution in [2.24, 2.45) is 5.92 Å². The number of hydrogen-bond acceptors (Lipinski definition) is 0. The van der Waals surface area contributed by atoms with Crippen LogP contribution in [-0.4, -0.2) is 0 Å². The van der Waals surface area contributed by atoms with E-state index in [4.69, 9.17) is 5.73 Å². The van der Waals surface area contributed by atoms with Crippen molar-refractivity contribution < 1.29 is 32.7 Å². The summed E-state index contributed by atoms with van der Waals surface area (Å²) in [7, 11) is 0. The normalized spacial score (nSPS) is 9.58. The molecular formula is C10H14NY-. The van der Waals surface area contributed by atoms with Gasteiger partial charge in [0, 0.05) is 32.7 Å². The monoisotopic (exact) mass is 237 g/mol. The fraction of sp³-hybridized carbons (Fsp3) is 0.400. The van der Waals surface area contributed by atoms with Crippen molar-refractivity contribution in [3.8, 4) is 0 Å². The van der Waals surface area contributed by atoms with Gasteiger partial charge in [-0.2, -0.15) is 0 Å². The van der Waals surface area contributed by atoms with E-state index < -0.39 is 0 Å². The predicted octanol–water partition coefficient (Wildman–Crippen LogP) is 3.57. The summed E-state index contributed by atoms with van der Waals surface area (Å²) in [4.78, 5) is 0. The first-order chi connectivity index (χ1) is 5.18. The molecule has 1 aromatic rings. The first kappa shape index (κ1) is 12.1. The molecule has 63 valence electrons. The molecule has 1 radical (unpaired) electrons. The summed E-state index contributed by atoms with van der Waals surface area (Å²) in [6.07, 6.45) is 1.11. The minimum Gasteiger partial charge on any atom is -0.699 e. The molecule has 0 spiro atoms. The molecule has 1 nitrogen and oxygen atoms in total. The summed E-state index contributed by atoms with van der Waals surface area (Å²) in [5.74, 6) is 0.701. The second-order valence-corrected chi connectivity index (χ2v) is 3.29. The van der Waals surface area contributed by atoms with Crippen LogP contribution in [0.3, 0.4) is 0 Å². The maximum atomic E-state index is 7.27. The van der Waals surface area contributed by atoms with Crippen molar-refractivity contribution in [1.82, 2.24) is 0 Å². The second-order valence-electron chi connectivity index (χ2n) is 3.29. The fourth-order valence-corrected chi connectivity index (χ4v) is 1.11. The maximum absolute atomic E-state index is 7.27. The van der Waals surface area contributed by atoms with Gasteiger partial charge in [0.05, 0.1) is 0 Å². The largest absolute Gasteiger partial charge is 0.699 e. The van der Waals surface area contributed by atoms with Gasteiger partial charge < -0.3 is 5.73 Å². The van der Waals surface area contributed by atoms with Crippen molar-refractivity contribution in [3.05, 3.63) is 35.6 Å². The Labute approximate surface area is 99.6 Å². The molecule has 0 atom stereocenters. The Kier molecular flexibility index (Phi) is 5.77. The standard InChI is InChI=1S/C10H14N.Y/c1-8(2)7-9-3-5-10(11)6-4-9;/h3-6,8,11H,7H2,1-2H3;/q-1;. The van der Waals surface area contributed by atoms with E-state index in [2.05, 4.69) is 13.8 Å². The van der Waals surface area contributed by atoms with Gasteiger partial charge >= 0.3 is 0 Å². The van der Waals surface area contributed by atoms with Crippen molar-refractivity contribution in [2.75, 3.05) is 0 Å². The Balaban J connectivity index is 0.00000121. The van der Waals surface area contributed by atoms with Crippen molar-refractivity contribution >= 4 is 5.69 Å². The van der Waals surface area contributed by atoms with Gasteiger partial charge in [-0.25, -0.2) is 0 Å². The zero-order valence-electron chi connectivity index (χ0n) is 7.67. The van der Waals surface area contributed by atoms with Gasteiger partial charge in [0.25, 0.3) is 0 Å². The fourth-order valence-electron chi connectivity index (χ4n) is 1.11. The molecule has 0 aliphatic heterocycles. The van der Waals surface area contributed by atoms with Crippen molar-refractivity contribution in [2.45, 2.75) is 20.3 Å². The van der Waals surface area contributed by atoms with E-state index in [1.807, 2.05) is 24.3 Å². The van der Waals surface area contributed by atoms with Crippen LogP contribution in [0.4, 0.5) is 5.69 Å². The molecule has 0 bridgehead atoms. The van der Waals surface area contributed by atoms with Gasteiger partial charge in [-0.05, 0) is 17.9 Å². The first-order valence-electron chi connectivity index (χ1n) is 3.99. The summed E-state index contributed by atoms with van der Waals surface area (Å²) < 4.78 is 0. The van der Waals surface area contributed by atoms with Crippen LogP contribution < -0.4 is 0 Å². The van der Waals surface area contributed by atoms with E-state index in [0.29, 0.717) is 11.6 Å². The molecule has 1 aromatic carbocycles. The molecular weight excluding hydrogens is 223 g/mol. The number of nitrogens with one attached hydrogen (secondary N) is 1. The van der Waals surface area contributed by atoms with E-state index >= 15 is 0 Å². The third-order valence-corrected chi connectivity index (χ3v) is 1.60. The van der Waals surface area contributed by atoms with Crippen LogP contribution in [-0.2, 0) is 39.1 Å². The molecule has 0 amide bonds. The summed E-state index contributed by atoms with van der Waals surface area (Å²) in [6, 6.07) is 7.75. The average molecular weight is 237 g/mol. The van der Waals surface area contributed by atoms with Gasteiger partial charge in [-0.15, -0.1) is 5.69 Å². The molecule has 0 aromatic heterocycles. The van der Waals surface area contributed by atoms with Crippen LogP contribution in [0, 0.1) is 5.92 Å². The van der Waals surface area contributed by atoms with Crippen LogP contribution in [0.5, 0.6) is 0 Å². The zero-order chi connectivity index (χ0) is 8.27. The van der Waals surface area contributed by atoms with Crippen LogP contribution in [0.25, 0.3) is 5.73 Å². The topological polar surface area (TPSA) is 23.8 Å². The molecule has 0 heterocycles. The SMILES string of the molecule is CC(C)Cc1ccc([NH-])cc1.[Y]. The van der Waals surface area contributed by atoms with E-state index in [1.165, 1.54) is 5.56 Å². The van der Waals surface area contributed by atoms with Crippen molar-refractivity contribution in [1.29, 1.82) is 0 Å². The van der Waals surface area contributed by atoms with Crippen LogP contribution >= 0.6 is 0 Å². The summed E-state index contributed by atoms with van der Waals surface area (Å²) in [6.45, 7) is 4.41. The molecule has 12 heavy (non-hydrogen) atoms. The molecule has 0 fully saturated rings. The van der Waals surface area contributed by atoms with Crippen LogP contribution in [0.1, 0.15) is 19.4 Å². The Morgan fingerprint density at radius 1 is 1.17 bits per heavy atom. The van der Waals surface area contributed by atoms with Gasteiger partial charge in [-0.1, -0.05) is 38.1 Å². The quantitative estimate of drug-likeness (QED) is 0.750. The Bertz CT molecular complexity index is 216. The summed E-state index contributed by atoms with van der Waals surface area (Å²) in [5, 5.41) is 0. The third kappa shape index (κ3) is 4.22. The molecule has 0 saturated heterocycles. The van der Waals surface area contributed by atoms with Gasteiger partial charge in [0.1, 0.15) is 0 Å². The molecule has 0 saturated carbocycles. The smallest absolute Gasteiger partial charge is 0 e. The average Bonchev–Trinajstić information content (AvgIpc) is 1.93. The number of rotatable bonds is 2. The molecule has 2 heteroatoms. The van der Waals surface area contributed by atoms with E-state index in [-0.39, 0.29) is 32.7 Å². The van der Waals surface area contributed by atoms with Crippen molar-refractivity contribution in [3.63, 3.8) is 0 Å². The van der Waals surface area contributed by atoms with E-state index in [9.17, 15) is 0 Å². The Morgan fingerprint density at radius 3 is 2.08 bits per heavy atom. The molecule has 0 aliphatic rings. The minimum atomic E-state index is 0. The minimum absolute atomic E-state index is 0. The van der Waals surface area contributed by atoms with Crippen LogP contribution in [0.2, 0.25) is 0 Å². The molecule has 0 unspecified atom stereocenters. The number of hydrogen-bond donors (Lipinski definition) is 0. The van der Waals surface area contributed by atoms with Gasteiger partial charge in [-0.3, -0.25) is 0 Å². The van der Waals surface area contributed by atoms with E-state index in [0.717, 1.165) is 6.42 Å². The van der Waals surface area contributed by atoms with E-state index in [1.54, 1.807) is 0 Å². The van der Waals surface area contributed by atoms with Gasteiger partial charge in [0.2, 0.25) is 0 Å². The Morgan fingerprint density at radius 2 is 1.67 bits per heavy atom. The predicted molar refractivity (Wildman–Crippen MR) is 49.0 cm³/mol. The third-order valence-electron chi connectivity index (χ3n) is 1.60. The summed E-state index contributed by atoms with van der Waals surface area (Å²) >= 11 is 0. The zero-order valence-corrected chi connectivity index (χ0v) is 10.5. The molecule has 1 N–H and O–H groups in total. The first-order valence-corrected chi connectivity index (χ1v) is 3.99. The summed E-state index contributed by atoms with van der Waals surface area (Å²) in [5.41, 5.74) is 9.20.